The summed E-state index contributed by atoms with van der Waals surface area (Å²) < 4.78 is 0. The van der Waals surface area contributed by atoms with Crippen LogP contribution >= 0.6 is 11.8 Å². The lowest BCUT2D eigenvalue weighted by Crippen LogP contribution is -2.20. The zero-order valence-corrected chi connectivity index (χ0v) is 11.0. The predicted octanol–water partition coefficient (Wildman–Crippen LogP) is 2.22. The van der Waals surface area contributed by atoms with Gasteiger partial charge >= 0.3 is 0 Å². The third kappa shape index (κ3) is 5.49. The molecule has 1 N–H and O–H groups in total. The van der Waals surface area contributed by atoms with Crippen LogP contribution in [-0.2, 0) is 11.3 Å². The van der Waals surface area contributed by atoms with Crippen LogP contribution in [0, 0.1) is 0 Å². The number of rotatable bonds is 2. The van der Waals surface area contributed by atoms with Crippen molar-refractivity contribution in [3.8, 4) is 0 Å². The van der Waals surface area contributed by atoms with Crippen molar-refractivity contribution in [2.45, 2.75) is 26.8 Å². The third-order valence-corrected chi connectivity index (χ3v) is 2.61. The molecule has 0 atom stereocenters. The van der Waals surface area contributed by atoms with Crippen LogP contribution in [0.3, 0.4) is 0 Å². The van der Waals surface area contributed by atoms with E-state index in [0.717, 1.165) is 5.69 Å². The number of nitrogens with zero attached hydrogens (tertiary/aromatic N) is 2. The second-order valence-electron chi connectivity index (χ2n) is 3.49. The first kappa shape index (κ1) is 13.7. The number of thioether (sulfide) groups is 1. The van der Waals surface area contributed by atoms with Crippen molar-refractivity contribution in [2.24, 2.45) is 4.99 Å². The van der Waals surface area contributed by atoms with Gasteiger partial charge in [-0.3, -0.25) is 14.8 Å². The van der Waals surface area contributed by atoms with E-state index in [-0.39, 0.29) is 5.91 Å². The molecule has 1 saturated heterocycles. The first-order chi connectivity index (χ1) is 8.26. The summed E-state index contributed by atoms with van der Waals surface area (Å²) >= 11 is 1.43. The molecule has 1 fully saturated rings. The van der Waals surface area contributed by atoms with Gasteiger partial charge in [0, 0.05) is 6.20 Å². The van der Waals surface area contributed by atoms with E-state index in [2.05, 4.69) is 29.1 Å². The zero-order chi connectivity index (χ0) is 12.5. The van der Waals surface area contributed by atoms with Gasteiger partial charge in [0.05, 0.1) is 18.0 Å². The maximum absolute atomic E-state index is 10.8. The van der Waals surface area contributed by atoms with Crippen LogP contribution in [-0.4, -0.2) is 21.8 Å². The molecule has 5 heteroatoms. The fraction of sp³-hybridized carbons (Fsp3) is 0.417. The Morgan fingerprint density at radius 1 is 1.47 bits per heavy atom. The van der Waals surface area contributed by atoms with Crippen LogP contribution in [0.4, 0.5) is 0 Å². The van der Waals surface area contributed by atoms with E-state index in [1.165, 1.54) is 18.2 Å². The van der Waals surface area contributed by atoms with Crippen molar-refractivity contribution in [2.75, 3.05) is 5.75 Å². The fourth-order valence-corrected chi connectivity index (χ4v) is 1.74. The largest absolute Gasteiger partial charge is 0.305 e. The van der Waals surface area contributed by atoms with E-state index in [9.17, 15) is 4.79 Å². The molecule has 2 rings (SSSR count). The molecule has 0 unspecified atom stereocenters. The smallest absolute Gasteiger partial charge is 0.236 e. The Kier molecular flexibility index (Phi) is 6.32. The molecule has 0 bridgehead atoms. The average Bonchev–Trinajstić information content (AvgIpc) is 2.75. The molecule has 0 aromatic carbocycles. The van der Waals surface area contributed by atoms with Crippen LogP contribution in [0.2, 0.25) is 0 Å². The lowest BCUT2D eigenvalue weighted by molar-refractivity contribution is -0.116. The van der Waals surface area contributed by atoms with E-state index in [4.69, 9.17) is 0 Å². The number of pyridine rings is 1. The summed E-state index contributed by atoms with van der Waals surface area (Å²) in [4.78, 5) is 19.2. The van der Waals surface area contributed by atoms with Crippen molar-refractivity contribution in [3.05, 3.63) is 30.1 Å². The Balaban J connectivity index is 0.000000437. The number of aliphatic imine (C=N–C) groups is 1. The number of carbonyl (C=O) groups excluding carboxylic acids is 1. The van der Waals surface area contributed by atoms with Gasteiger partial charge in [-0.05, 0) is 12.1 Å². The second-order valence-corrected chi connectivity index (χ2v) is 4.45. The second kappa shape index (κ2) is 7.84. The van der Waals surface area contributed by atoms with Crippen LogP contribution in [0.25, 0.3) is 0 Å². The van der Waals surface area contributed by atoms with Gasteiger partial charge in [0.1, 0.15) is 0 Å². The maximum atomic E-state index is 10.8. The van der Waals surface area contributed by atoms with Crippen molar-refractivity contribution in [1.29, 1.82) is 0 Å². The lowest BCUT2D eigenvalue weighted by Gasteiger charge is -1.96. The van der Waals surface area contributed by atoms with E-state index in [1.807, 2.05) is 18.2 Å². The molecule has 0 saturated carbocycles. The van der Waals surface area contributed by atoms with E-state index in [0.29, 0.717) is 17.5 Å². The molecule has 0 radical (unpaired) electrons. The number of hydrogen-bond acceptors (Lipinski definition) is 4. The molecule has 0 spiro atoms. The topological polar surface area (TPSA) is 54.4 Å². The van der Waals surface area contributed by atoms with E-state index in [1.54, 1.807) is 6.20 Å². The summed E-state index contributed by atoms with van der Waals surface area (Å²) in [6.45, 7) is 4.77. The van der Waals surface area contributed by atoms with E-state index >= 15 is 0 Å². The van der Waals surface area contributed by atoms with Gasteiger partial charge in [0.2, 0.25) is 5.91 Å². The van der Waals surface area contributed by atoms with Gasteiger partial charge in [-0.15, -0.1) is 0 Å². The van der Waals surface area contributed by atoms with Crippen molar-refractivity contribution >= 4 is 22.8 Å². The third-order valence-electron chi connectivity index (χ3n) is 1.70. The fourth-order valence-electron chi connectivity index (χ4n) is 1.05. The summed E-state index contributed by atoms with van der Waals surface area (Å²) in [6, 6.07) is 5.69. The number of amidine groups is 1. The highest BCUT2D eigenvalue weighted by Gasteiger charge is 2.15. The first-order valence-electron chi connectivity index (χ1n) is 5.63. The van der Waals surface area contributed by atoms with Crippen LogP contribution in [0.15, 0.2) is 29.4 Å². The van der Waals surface area contributed by atoms with Crippen molar-refractivity contribution < 1.29 is 4.79 Å². The molecule has 2 heterocycles. The molecule has 92 valence electrons. The summed E-state index contributed by atoms with van der Waals surface area (Å²) in [5.41, 5.74) is 0.904. The molecule has 1 aliphatic rings. The Labute approximate surface area is 106 Å². The number of hydrogen-bond donors (Lipinski definition) is 1. The SMILES string of the molecule is CCC.O=C1CSC(=NCc2ccccn2)N1. The Bertz CT molecular complexity index is 379. The predicted molar refractivity (Wildman–Crippen MR) is 71.9 cm³/mol. The minimum atomic E-state index is 0.0229. The van der Waals surface area contributed by atoms with Crippen molar-refractivity contribution in [1.82, 2.24) is 10.3 Å². The minimum absolute atomic E-state index is 0.0229. The molecule has 17 heavy (non-hydrogen) atoms. The molecular formula is C12H17N3OS. The molecule has 1 aromatic heterocycles. The zero-order valence-electron chi connectivity index (χ0n) is 10.1. The highest BCUT2D eigenvalue weighted by atomic mass is 32.2. The monoisotopic (exact) mass is 251 g/mol. The normalized spacial score (nSPS) is 16.4. The molecule has 1 aromatic rings. The first-order valence-corrected chi connectivity index (χ1v) is 6.61. The average molecular weight is 251 g/mol. The highest BCUT2D eigenvalue weighted by Crippen LogP contribution is 2.09. The summed E-state index contributed by atoms with van der Waals surface area (Å²) in [6.07, 6.45) is 2.98. The van der Waals surface area contributed by atoms with Crippen LogP contribution in [0.5, 0.6) is 0 Å². The summed E-state index contributed by atoms with van der Waals surface area (Å²) in [5, 5.41) is 3.37. The van der Waals surface area contributed by atoms with Gasteiger partial charge in [-0.25, -0.2) is 0 Å². The van der Waals surface area contributed by atoms with Gasteiger partial charge in [-0.1, -0.05) is 38.1 Å². The minimum Gasteiger partial charge on any atom is -0.305 e. The lowest BCUT2D eigenvalue weighted by atomic mass is 10.4. The molecule has 1 amide bonds. The Morgan fingerprint density at radius 2 is 2.24 bits per heavy atom. The maximum Gasteiger partial charge on any atom is 0.236 e. The van der Waals surface area contributed by atoms with E-state index < -0.39 is 0 Å². The number of amides is 1. The van der Waals surface area contributed by atoms with Gasteiger partial charge in [0.25, 0.3) is 0 Å². The number of carbonyl (C=O) groups is 1. The molecule has 0 aliphatic carbocycles. The standard InChI is InChI=1S/C9H9N3OS.C3H8/c13-8-6-14-9(12-8)11-5-7-3-1-2-4-10-7;1-3-2/h1-4H,5-6H2,(H,11,12,13);3H2,1-2H3. The number of nitrogens with one attached hydrogen (secondary N) is 1. The van der Waals surface area contributed by atoms with Crippen LogP contribution < -0.4 is 5.32 Å². The Hall–Kier alpha value is -1.36. The molecule has 4 nitrogen and oxygen atoms in total. The Morgan fingerprint density at radius 3 is 2.76 bits per heavy atom. The quantitative estimate of drug-likeness (QED) is 0.877. The van der Waals surface area contributed by atoms with Crippen molar-refractivity contribution in [3.63, 3.8) is 0 Å². The summed E-state index contributed by atoms with van der Waals surface area (Å²) in [7, 11) is 0. The van der Waals surface area contributed by atoms with Gasteiger partial charge in [0.15, 0.2) is 5.17 Å². The van der Waals surface area contributed by atoms with Gasteiger partial charge < -0.3 is 5.32 Å². The summed E-state index contributed by atoms with van der Waals surface area (Å²) in [5.74, 6) is 0.496. The molecule has 1 aliphatic heterocycles. The molecular weight excluding hydrogens is 234 g/mol. The highest BCUT2D eigenvalue weighted by molar-refractivity contribution is 8.15. The number of aromatic nitrogens is 1. The van der Waals surface area contributed by atoms with Gasteiger partial charge in [-0.2, -0.15) is 0 Å². The van der Waals surface area contributed by atoms with Crippen LogP contribution in [0.1, 0.15) is 26.0 Å².